The van der Waals surface area contributed by atoms with Gasteiger partial charge in [-0.15, -0.1) is 0 Å². The van der Waals surface area contributed by atoms with Crippen molar-refractivity contribution in [3.8, 4) is 0 Å². The molecule has 0 unspecified atom stereocenters. The topological polar surface area (TPSA) is 54.9 Å². The molecule has 0 aliphatic carbocycles. The predicted octanol–water partition coefficient (Wildman–Crippen LogP) is -1.66. The Labute approximate surface area is 87.6 Å². The van der Waals surface area contributed by atoms with Crippen molar-refractivity contribution in [2.75, 3.05) is 0 Å². The molecule has 0 saturated carbocycles. The number of aromatic nitrogens is 2. The number of nitrogens with zero attached hydrogens (tertiary/aromatic N) is 1. The Hall–Kier alpha value is 0.181. The zero-order chi connectivity index (χ0) is 7.72. The van der Waals surface area contributed by atoms with Gasteiger partial charge in [-0.25, -0.2) is 0 Å². The van der Waals surface area contributed by atoms with Crippen LogP contribution in [0.4, 0.5) is 4.39 Å². The predicted molar refractivity (Wildman–Crippen MR) is 33.8 cm³/mol. The van der Waals surface area contributed by atoms with Crippen LogP contribution < -0.4 is 11.2 Å². The van der Waals surface area contributed by atoms with Gasteiger partial charge in [0.05, 0.1) is 0 Å². The minimum atomic E-state index is -0.901. The molecule has 10 heavy (non-hydrogen) atoms. The molecule has 1 N–H and O–H groups in total. The summed E-state index contributed by atoms with van der Waals surface area (Å²) in [6.45, 7) is 0. The maximum atomic E-state index is 12.3. The van der Waals surface area contributed by atoms with Crippen LogP contribution in [0.25, 0.3) is 0 Å². The summed E-state index contributed by atoms with van der Waals surface area (Å²) in [6.07, 6.45) is 0.776. The van der Waals surface area contributed by atoms with E-state index in [-0.39, 0.29) is 0 Å². The monoisotopic (exact) mass is 268 g/mol. The zero-order valence-corrected chi connectivity index (χ0v) is 11.5. The number of hydrogen-bond acceptors (Lipinski definition) is 2. The van der Waals surface area contributed by atoms with Crippen LogP contribution in [0.2, 0.25) is 0 Å². The van der Waals surface area contributed by atoms with Crippen LogP contribution in [0.5, 0.6) is 0 Å². The Morgan fingerprint density at radius 1 is 1.60 bits per heavy atom. The molecule has 1 heterocycles. The average molecular weight is 267 g/mol. The molecule has 0 bridgehead atoms. The Morgan fingerprint density at radius 2 is 2.20 bits per heavy atom. The van der Waals surface area contributed by atoms with Crippen molar-refractivity contribution >= 4 is 47.0 Å². The molecule has 4 nitrogen and oxygen atoms in total. The average Bonchev–Trinajstić information content (AvgIpc) is 1.93. The summed E-state index contributed by atoms with van der Waals surface area (Å²) in [4.78, 5) is 23.3. The van der Waals surface area contributed by atoms with Crippen molar-refractivity contribution in [3.05, 3.63) is 32.9 Å². The van der Waals surface area contributed by atoms with Crippen LogP contribution in [-0.2, 0) is 0 Å². The van der Waals surface area contributed by atoms with Gasteiger partial charge >= 0.3 is 88.8 Å². The molecular weight excluding hydrogens is 264 g/mol. The standard InChI is InChI=1S/C4H3FN2O2.Ba.H/c5-2-1-6-4(9)7-3(2)8;;/h1H,(H2,6,7,8,9);;/q;+1;/p-1. The normalized spacial score (nSPS) is 9.60. The van der Waals surface area contributed by atoms with E-state index in [1.807, 2.05) is 0 Å². The summed E-state index contributed by atoms with van der Waals surface area (Å²) in [5.41, 5.74) is -1.33. The summed E-state index contributed by atoms with van der Waals surface area (Å²) >= 11 is -0.403. The van der Waals surface area contributed by atoms with Gasteiger partial charge in [0.1, 0.15) is 0 Å². The molecule has 1 aromatic heterocycles. The third-order valence-electron chi connectivity index (χ3n) is 1.14. The van der Waals surface area contributed by atoms with Gasteiger partial charge in [-0.1, -0.05) is 0 Å². The van der Waals surface area contributed by atoms with Gasteiger partial charge in [-0.05, 0) is 0 Å². The Balaban J connectivity index is 3.66. The molecule has 0 aliphatic heterocycles. The van der Waals surface area contributed by atoms with Gasteiger partial charge in [0.25, 0.3) is 0 Å². The first kappa shape index (κ1) is 8.28. The first-order chi connectivity index (χ1) is 4.63. The number of hydrogen-bond donors (Lipinski definition) is 1. The molecule has 6 heteroatoms. The quantitative estimate of drug-likeness (QED) is 0.572. The number of halogens is 1. The summed E-state index contributed by atoms with van der Waals surface area (Å²) in [6, 6.07) is 0. The number of H-pyrrole nitrogens is 1. The van der Waals surface area contributed by atoms with Gasteiger partial charge < -0.3 is 0 Å². The molecule has 0 radical (unpaired) electrons. The number of rotatable bonds is 0. The molecule has 0 saturated heterocycles. The van der Waals surface area contributed by atoms with Crippen molar-refractivity contribution in [3.63, 3.8) is 0 Å². The van der Waals surface area contributed by atoms with Crippen LogP contribution in [0.3, 0.4) is 0 Å². The maximum absolute atomic E-state index is 12.3. The Bertz CT molecular complexity index is 355. The fourth-order valence-corrected chi connectivity index (χ4v) is 1.61. The molecule has 0 spiro atoms. The molecule has 0 aromatic carbocycles. The molecule has 1 aromatic rings. The van der Waals surface area contributed by atoms with E-state index in [0.29, 0.717) is 0 Å². The minimum absolute atomic E-state index is 0.403. The number of nitrogens with one attached hydrogen (secondary N) is 1. The van der Waals surface area contributed by atoms with Crippen molar-refractivity contribution in [2.45, 2.75) is 0 Å². The summed E-state index contributed by atoms with van der Waals surface area (Å²) in [5, 5.41) is 0. The molecule has 0 fully saturated rings. The van der Waals surface area contributed by atoms with Gasteiger partial charge in [0.2, 0.25) is 0 Å². The van der Waals surface area contributed by atoms with E-state index >= 15 is 0 Å². The third kappa shape index (κ3) is 1.43. The summed E-state index contributed by atoms with van der Waals surface area (Å²) in [5.74, 6) is -0.901. The molecular formula is C4H3BaFN2O2. The van der Waals surface area contributed by atoms with Crippen LogP contribution in [0.1, 0.15) is 0 Å². The van der Waals surface area contributed by atoms with Crippen molar-refractivity contribution < 1.29 is 4.39 Å². The van der Waals surface area contributed by atoms with E-state index in [4.69, 9.17) is 0 Å². The van der Waals surface area contributed by atoms with Gasteiger partial charge in [0.15, 0.2) is 0 Å². The van der Waals surface area contributed by atoms with E-state index in [0.717, 1.165) is 5.78 Å². The SMILES string of the molecule is O=c1[nH]cc(F)c(=O)[n]1[BaH]. The third-order valence-corrected chi connectivity index (χ3v) is 3.69. The molecule has 50 valence electrons. The first-order valence-corrected chi connectivity index (χ1v) is 5.38. The van der Waals surface area contributed by atoms with E-state index < -0.39 is 64.0 Å². The Kier molecular flexibility index (Phi) is 2.53. The van der Waals surface area contributed by atoms with Crippen LogP contribution >= 0.6 is 0 Å². The van der Waals surface area contributed by atoms with E-state index in [1.54, 1.807) is 0 Å². The molecule has 0 amide bonds. The van der Waals surface area contributed by atoms with Gasteiger partial charge in [-0.2, -0.15) is 0 Å². The molecule has 1 rings (SSSR count). The number of aromatic amines is 1. The van der Waals surface area contributed by atoms with Crippen molar-refractivity contribution in [1.82, 2.24) is 4.56 Å². The van der Waals surface area contributed by atoms with E-state index in [1.165, 1.54) is 0 Å². The van der Waals surface area contributed by atoms with Crippen LogP contribution in [-0.4, -0.2) is 51.5 Å². The van der Waals surface area contributed by atoms with Crippen LogP contribution in [0.15, 0.2) is 15.8 Å². The van der Waals surface area contributed by atoms with Crippen molar-refractivity contribution in [1.29, 1.82) is 0 Å². The fraction of sp³-hybridized carbons (Fsp3) is 0. The Morgan fingerprint density at radius 3 is 2.70 bits per heavy atom. The van der Waals surface area contributed by atoms with E-state index in [2.05, 4.69) is 4.98 Å². The van der Waals surface area contributed by atoms with E-state index in [9.17, 15) is 14.0 Å². The second-order valence-corrected chi connectivity index (χ2v) is 4.61. The second-order valence-electron chi connectivity index (χ2n) is 1.81. The summed E-state index contributed by atoms with van der Waals surface area (Å²) < 4.78 is 13.2. The molecule has 0 aliphatic rings. The second kappa shape index (κ2) is 3.06. The fourth-order valence-electron chi connectivity index (χ4n) is 0.536. The van der Waals surface area contributed by atoms with Gasteiger partial charge in [0, 0.05) is 0 Å². The van der Waals surface area contributed by atoms with Gasteiger partial charge in [-0.3, -0.25) is 0 Å². The summed E-state index contributed by atoms with van der Waals surface area (Å²) in [7, 11) is 0. The van der Waals surface area contributed by atoms with Crippen molar-refractivity contribution in [2.24, 2.45) is 0 Å². The zero-order valence-electron chi connectivity index (χ0n) is 5.22. The van der Waals surface area contributed by atoms with Crippen LogP contribution in [0, 0.1) is 5.82 Å². The first-order valence-electron chi connectivity index (χ1n) is 2.57. The molecule has 0 atom stereocenters.